The minimum Gasteiger partial charge on any atom is -0.336 e. The maximum Gasteiger partial charge on any atom is 0.318 e. The van der Waals surface area contributed by atoms with Gasteiger partial charge in [0.1, 0.15) is 5.82 Å². The third-order valence-corrected chi connectivity index (χ3v) is 4.20. The standard InChI is InChI=1S/C15H23N7O/c1-11(2)13-18-19-14-12(3)21(8-9-22(13)14)15(23)17-5-7-20-6-4-16-10-20/h4,6,10-12H,5,7-9H2,1-3H3,(H,17,23)/t12-/m0/s1. The second kappa shape index (κ2) is 6.39. The Bertz CT molecular complexity index is 661. The summed E-state index contributed by atoms with van der Waals surface area (Å²) in [5, 5.41) is 11.5. The molecule has 0 bridgehead atoms. The number of amides is 2. The zero-order valence-corrected chi connectivity index (χ0v) is 13.8. The highest BCUT2D eigenvalue weighted by Crippen LogP contribution is 2.26. The van der Waals surface area contributed by atoms with Gasteiger partial charge in [-0.25, -0.2) is 9.78 Å². The van der Waals surface area contributed by atoms with Crippen LogP contribution in [0, 0.1) is 0 Å². The van der Waals surface area contributed by atoms with Gasteiger partial charge in [-0.15, -0.1) is 10.2 Å². The van der Waals surface area contributed by atoms with Gasteiger partial charge in [0.05, 0.1) is 12.4 Å². The summed E-state index contributed by atoms with van der Waals surface area (Å²) in [6.07, 6.45) is 5.35. The highest BCUT2D eigenvalue weighted by atomic mass is 16.2. The van der Waals surface area contributed by atoms with E-state index in [0.717, 1.165) is 18.2 Å². The van der Waals surface area contributed by atoms with Gasteiger partial charge < -0.3 is 19.4 Å². The van der Waals surface area contributed by atoms with Crippen molar-refractivity contribution < 1.29 is 4.79 Å². The van der Waals surface area contributed by atoms with Crippen molar-refractivity contribution >= 4 is 6.03 Å². The highest BCUT2D eigenvalue weighted by molar-refractivity contribution is 5.74. The molecule has 1 atom stereocenters. The lowest BCUT2D eigenvalue weighted by molar-refractivity contribution is 0.159. The molecular weight excluding hydrogens is 294 g/mol. The van der Waals surface area contributed by atoms with E-state index in [9.17, 15) is 4.79 Å². The molecule has 0 saturated carbocycles. The first-order chi connectivity index (χ1) is 11.1. The number of nitrogens with one attached hydrogen (secondary N) is 1. The Morgan fingerprint density at radius 2 is 2.22 bits per heavy atom. The zero-order valence-electron chi connectivity index (χ0n) is 13.8. The van der Waals surface area contributed by atoms with E-state index in [-0.39, 0.29) is 12.1 Å². The maximum absolute atomic E-state index is 12.4. The topological polar surface area (TPSA) is 80.9 Å². The Kier molecular flexibility index (Phi) is 4.31. The number of aromatic nitrogens is 5. The number of nitrogens with zero attached hydrogens (tertiary/aromatic N) is 6. The lowest BCUT2D eigenvalue weighted by Crippen LogP contribution is -2.47. The Morgan fingerprint density at radius 3 is 2.91 bits per heavy atom. The molecule has 0 fully saturated rings. The summed E-state index contributed by atoms with van der Waals surface area (Å²) in [4.78, 5) is 18.2. The van der Waals surface area contributed by atoms with Crippen molar-refractivity contribution in [3.63, 3.8) is 0 Å². The van der Waals surface area contributed by atoms with Crippen LogP contribution in [0.5, 0.6) is 0 Å². The monoisotopic (exact) mass is 317 g/mol. The van der Waals surface area contributed by atoms with Crippen molar-refractivity contribution in [3.05, 3.63) is 30.4 Å². The molecule has 0 unspecified atom stereocenters. The average Bonchev–Trinajstić information content (AvgIpc) is 3.16. The molecule has 1 aliphatic heterocycles. The van der Waals surface area contributed by atoms with Crippen LogP contribution in [0.25, 0.3) is 0 Å². The third kappa shape index (κ3) is 3.06. The Morgan fingerprint density at radius 1 is 1.39 bits per heavy atom. The van der Waals surface area contributed by atoms with Crippen LogP contribution in [0.2, 0.25) is 0 Å². The predicted molar refractivity (Wildman–Crippen MR) is 84.9 cm³/mol. The fourth-order valence-electron chi connectivity index (χ4n) is 2.92. The fourth-order valence-corrected chi connectivity index (χ4v) is 2.92. The fraction of sp³-hybridized carbons (Fsp3) is 0.600. The van der Waals surface area contributed by atoms with Crippen LogP contribution in [0.15, 0.2) is 18.7 Å². The number of hydrogen-bond acceptors (Lipinski definition) is 4. The van der Waals surface area contributed by atoms with Crippen LogP contribution >= 0.6 is 0 Å². The molecule has 0 saturated heterocycles. The normalized spacial score (nSPS) is 17.4. The van der Waals surface area contributed by atoms with Gasteiger partial charge in [0, 0.05) is 44.5 Å². The van der Waals surface area contributed by atoms with Crippen LogP contribution in [0.1, 0.15) is 44.4 Å². The van der Waals surface area contributed by atoms with Gasteiger partial charge in [0.25, 0.3) is 0 Å². The molecule has 0 aromatic carbocycles. The molecule has 8 heteroatoms. The van der Waals surface area contributed by atoms with Crippen molar-refractivity contribution in [1.29, 1.82) is 0 Å². The number of hydrogen-bond donors (Lipinski definition) is 1. The first kappa shape index (κ1) is 15.5. The van der Waals surface area contributed by atoms with E-state index in [2.05, 4.69) is 38.9 Å². The molecule has 8 nitrogen and oxygen atoms in total. The van der Waals surface area contributed by atoms with Gasteiger partial charge in [-0.05, 0) is 6.92 Å². The van der Waals surface area contributed by atoms with E-state index in [1.807, 2.05) is 22.6 Å². The van der Waals surface area contributed by atoms with Gasteiger partial charge >= 0.3 is 6.03 Å². The second-order valence-corrected chi connectivity index (χ2v) is 6.12. The molecule has 3 rings (SSSR count). The molecule has 2 aromatic rings. The van der Waals surface area contributed by atoms with E-state index in [4.69, 9.17) is 0 Å². The second-order valence-electron chi connectivity index (χ2n) is 6.12. The number of rotatable bonds is 4. The molecule has 1 aliphatic rings. The quantitative estimate of drug-likeness (QED) is 0.924. The minimum absolute atomic E-state index is 0.0574. The Balaban J connectivity index is 1.61. The number of urea groups is 1. The molecule has 2 aromatic heterocycles. The SMILES string of the molecule is CC(C)c1nnc2n1CCN(C(=O)NCCn1ccnc1)[C@H]2C. The van der Waals surface area contributed by atoms with Crippen LogP contribution in [-0.4, -0.2) is 48.3 Å². The third-order valence-electron chi connectivity index (χ3n) is 4.20. The number of fused-ring (bicyclic) bond motifs is 1. The average molecular weight is 317 g/mol. The maximum atomic E-state index is 12.4. The van der Waals surface area contributed by atoms with Crippen molar-refractivity contribution in [3.8, 4) is 0 Å². The smallest absolute Gasteiger partial charge is 0.318 e. The van der Waals surface area contributed by atoms with Gasteiger partial charge in [0.15, 0.2) is 5.82 Å². The summed E-state index contributed by atoms with van der Waals surface area (Å²) in [7, 11) is 0. The van der Waals surface area contributed by atoms with Crippen molar-refractivity contribution in [2.75, 3.05) is 13.1 Å². The van der Waals surface area contributed by atoms with Gasteiger partial charge in [-0.3, -0.25) is 0 Å². The van der Waals surface area contributed by atoms with E-state index in [0.29, 0.717) is 25.6 Å². The lowest BCUT2D eigenvalue weighted by Gasteiger charge is -2.34. The molecule has 0 aliphatic carbocycles. The molecule has 1 N–H and O–H groups in total. The van der Waals surface area contributed by atoms with Gasteiger partial charge in [0.2, 0.25) is 0 Å². The van der Waals surface area contributed by atoms with E-state index < -0.39 is 0 Å². The molecule has 0 spiro atoms. The van der Waals surface area contributed by atoms with E-state index in [1.165, 1.54) is 0 Å². The molecule has 124 valence electrons. The summed E-state index contributed by atoms with van der Waals surface area (Å²) in [6, 6.07) is -0.130. The first-order valence-electron chi connectivity index (χ1n) is 8.01. The summed E-state index contributed by atoms with van der Waals surface area (Å²) in [5.41, 5.74) is 0. The lowest BCUT2D eigenvalue weighted by atomic mass is 10.1. The number of carbonyl (C=O) groups is 1. The summed E-state index contributed by atoms with van der Waals surface area (Å²) >= 11 is 0. The van der Waals surface area contributed by atoms with Crippen LogP contribution in [0.3, 0.4) is 0 Å². The summed E-state index contributed by atoms with van der Waals surface area (Å²) in [6.45, 7) is 8.91. The first-order valence-corrected chi connectivity index (χ1v) is 8.01. The molecular formula is C15H23N7O. The highest BCUT2D eigenvalue weighted by Gasteiger charge is 2.31. The molecule has 23 heavy (non-hydrogen) atoms. The Labute approximate surface area is 135 Å². The minimum atomic E-state index is -0.0722. The predicted octanol–water partition coefficient (Wildman–Crippen LogP) is 1.38. The van der Waals surface area contributed by atoms with E-state index in [1.54, 1.807) is 12.5 Å². The van der Waals surface area contributed by atoms with Gasteiger partial charge in [-0.2, -0.15) is 0 Å². The van der Waals surface area contributed by atoms with Gasteiger partial charge in [-0.1, -0.05) is 13.8 Å². The van der Waals surface area contributed by atoms with Crippen molar-refractivity contribution in [2.24, 2.45) is 0 Å². The van der Waals surface area contributed by atoms with E-state index >= 15 is 0 Å². The summed E-state index contributed by atoms with van der Waals surface area (Å²) in [5.74, 6) is 2.19. The number of imidazole rings is 1. The van der Waals surface area contributed by atoms with Crippen molar-refractivity contribution in [2.45, 2.75) is 45.8 Å². The molecule has 2 amide bonds. The van der Waals surface area contributed by atoms with Crippen LogP contribution in [-0.2, 0) is 13.1 Å². The van der Waals surface area contributed by atoms with Crippen molar-refractivity contribution in [1.82, 2.24) is 34.5 Å². The molecule has 3 heterocycles. The zero-order chi connectivity index (χ0) is 16.4. The number of carbonyl (C=O) groups excluding carboxylic acids is 1. The van der Waals surface area contributed by atoms with Crippen LogP contribution in [0.4, 0.5) is 4.79 Å². The molecule has 0 radical (unpaired) electrons. The van der Waals surface area contributed by atoms with Crippen LogP contribution < -0.4 is 5.32 Å². The summed E-state index contributed by atoms with van der Waals surface area (Å²) < 4.78 is 4.08. The largest absolute Gasteiger partial charge is 0.336 e. The Hall–Kier alpha value is -2.38.